The molecule has 0 aliphatic carbocycles. The van der Waals surface area contributed by atoms with Gasteiger partial charge in [0.05, 0.1) is 23.2 Å². The maximum absolute atomic E-state index is 13.8. The van der Waals surface area contributed by atoms with E-state index >= 15 is 0 Å². The maximum Gasteiger partial charge on any atom is 0.152 e. The third kappa shape index (κ3) is 3.93. The van der Waals surface area contributed by atoms with E-state index < -0.39 is 9.84 Å². The minimum absolute atomic E-state index is 0.0747. The molecule has 2 heterocycles. The average Bonchev–Trinajstić information content (AvgIpc) is 3.03. The summed E-state index contributed by atoms with van der Waals surface area (Å²) in [5.41, 5.74) is 3.65. The summed E-state index contributed by atoms with van der Waals surface area (Å²) in [6.45, 7) is 5.08. The lowest BCUT2D eigenvalue weighted by molar-refractivity contribution is 0.312. The fourth-order valence-corrected chi connectivity index (χ4v) is 5.18. The molecule has 136 valence electrons. The molecule has 0 bridgehead atoms. The van der Waals surface area contributed by atoms with Gasteiger partial charge in [0.15, 0.2) is 9.84 Å². The van der Waals surface area contributed by atoms with Gasteiger partial charge in [-0.15, -0.1) is 0 Å². The molecule has 0 radical (unpaired) electrons. The van der Waals surface area contributed by atoms with Crippen LogP contribution in [0.1, 0.15) is 35.0 Å². The average molecular weight is 365 g/mol. The van der Waals surface area contributed by atoms with Crippen molar-refractivity contribution in [2.45, 2.75) is 39.4 Å². The summed E-state index contributed by atoms with van der Waals surface area (Å²) in [4.78, 5) is 2.05. The molecule has 1 aromatic carbocycles. The van der Waals surface area contributed by atoms with Gasteiger partial charge >= 0.3 is 0 Å². The fourth-order valence-electron chi connectivity index (χ4n) is 3.49. The van der Waals surface area contributed by atoms with Crippen LogP contribution in [0.2, 0.25) is 0 Å². The fraction of sp³-hybridized carbons (Fsp3) is 0.500. The van der Waals surface area contributed by atoms with Gasteiger partial charge in [0.1, 0.15) is 5.82 Å². The molecule has 0 spiro atoms. The molecule has 1 fully saturated rings. The normalized spacial score (nSPS) is 19.6. The molecule has 0 unspecified atom stereocenters. The Hall–Kier alpha value is -1.73. The zero-order valence-electron chi connectivity index (χ0n) is 14.9. The van der Waals surface area contributed by atoms with Crippen LogP contribution in [-0.2, 0) is 22.9 Å². The molecule has 1 saturated heterocycles. The predicted octanol–water partition coefficient (Wildman–Crippen LogP) is 2.63. The van der Waals surface area contributed by atoms with Crippen molar-refractivity contribution in [1.29, 1.82) is 0 Å². The molecule has 7 heteroatoms. The molecule has 1 aliphatic heterocycles. The highest BCUT2D eigenvalue weighted by molar-refractivity contribution is 7.91. The second kappa shape index (κ2) is 6.88. The molecule has 2 aromatic rings. The van der Waals surface area contributed by atoms with Gasteiger partial charge in [-0.05, 0) is 33.4 Å². The van der Waals surface area contributed by atoms with Gasteiger partial charge in [-0.3, -0.25) is 9.58 Å². The Morgan fingerprint density at radius 3 is 2.64 bits per heavy atom. The van der Waals surface area contributed by atoms with Crippen LogP contribution in [0.15, 0.2) is 24.3 Å². The quantitative estimate of drug-likeness (QED) is 0.817. The van der Waals surface area contributed by atoms with Gasteiger partial charge in [0.2, 0.25) is 0 Å². The van der Waals surface area contributed by atoms with Crippen LogP contribution in [0.25, 0.3) is 0 Å². The first kappa shape index (κ1) is 18.1. The molecule has 5 nitrogen and oxygen atoms in total. The van der Waals surface area contributed by atoms with E-state index in [1.54, 1.807) is 12.1 Å². The standard InChI is InChI=1S/C18H24FN3O2S/c1-13-17(11-21(3)10-15-6-4-5-7-18(15)19)14(2)22(20-13)16-8-9-25(23,24)12-16/h4-7,16H,8-12H2,1-3H3/t16-/m0/s1. The number of halogens is 1. The van der Waals surface area contributed by atoms with Crippen LogP contribution in [0.4, 0.5) is 4.39 Å². The zero-order valence-corrected chi connectivity index (χ0v) is 15.7. The Bertz CT molecular complexity index is 876. The van der Waals surface area contributed by atoms with E-state index in [1.807, 2.05) is 36.5 Å². The third-order valence-electron chi connectivity index (χ3n) is 4.86. The first-order valence-corrected chi connectivity index (χ1v) is 10.3. The van der Waals surface area contributed by atoms with E-state index in [0.717, 1.165) is 17.0 Å². The Kier molecular flexibility index (Phi) is 4.97. The van der Waals surface area contributed by atoms with E-state index in [0.29, 0.717) is 25.1 Å². The Morgan fingerprint density at radius 1 is 1.28 bits per heavy atom. The summed E-state index contributed by atoms with van der Waals surface area (Å²) in [6, 6.07) is 6.71. The van der Waals surface area contributed by atoms with Crippen LogP contribution in [0.3, 0.4) is 0 Å². The van der Waals surface area contributed by atoms with Gasteiger partial charge in [-0.1, -0.05) is 18.2 Å². The van der Waals surface area contributed by atoms with E-state index in [2.05, 4.69) is 5.10 Å². The lowest BCUT2D eigenvalue weighted by Gasteiger charge is -2.18. The van der Waals surface area contributed by atoms with Crippen molar-refractivity contribution in [2.24, 2.45) is 0 Å². The van der Waals surface area contributed by atoms with Crippen molar-refractivity contribution < 1.29 is 12.8 Å². The first-order valence-electron chi connectivity index (χ1n) is 8.44. The lowest BCUT2D eigenvalue weighted by Crippen LogP contribution is -2.19. The number of sulfone groups is 1. The van der Waals surface area contributed by atoms with Crippen LogP contribution in [-0.4, -0.2) is 41.7 Å². The minimum Gasteiger partial charge on any atom is -0.298 e. The number of nitrogens with zero attached hydrogens (tertiary/aromatic N) is 3. The number of benzene rings is 1. The predicted molar refractivity (Wildman–Crippen MR) is 95.6 cm³/mol. The van der Waals surface area contributed by atoms with Gasteiger partial charge in [0.25, 0.3) is 0 Å². The molecule has 1 aromatic heterocycles. The number of hydrogen-bond acceptors (Lipinski definition) is 4. The summed E-state index contributed by atoms with van der Waals surface area (Å²) in [6.07, 6.45) is 0.620. The van der Waals surface area contributed by atoms with Crippen LogP contribution >= 0.6 is 0 Å². The molecule has 0 N–H and O–H groups in total. The van der Waals surface area contributed by atoms with Gasteiger partial charge in [-0.25, -0.2) is 12.8 Å². The van der Waals surface area contributed by atoms with Gasteiger partial charge in [-0.2, -0.15) is 5.10 Å². The number of aryl methyl sites for hydroxylation is 1. The third-order valence-corrected chi connectivity index (χ3v) is 6.61. The number of rotatable bonds is 5. The highest BCUT2D eigenvalue weighted by Gasteiger charge is 2.31. The molecule has 3 rings (SSSR count). The largest absolute Gasteiger partial charge is 0.298 e. The van der Waals surface area contributed by atoms with E-state index in [1.165, 1.54) is 6.07 Å². The maximum atomic E-state index is 13.8. The molecule has 1 aliphatic rings. The SMILES string of the molecule is Cc1nn([C@H]2CCS(=O)(=O)C2)c(C)c1CN(C)Cc1ccccc1F. The smallest absolute Gasteiger partial charge is 0.152 e. The number of aromatic nitrogens is 2. The minimum atomic E-state index is -2.95. The van der Waals surface area contributed by atoms with Crippen LogP contribution < -0.4 is 0 Å². The van der Waals surface area contributed by atoms with Crippen molar-refractivity contribution in [3.05, 3.63) is 52.6 Å². The topological polar surface area (TPSA) is 55.2 Å². The molecule has 0 amide bonds. The highest BCUT2D eigenvalue weighted by atomic mass is 32.2. The molecule has 25 heavy (non-hydrogen) atoms. The zero-order chi connectivity index (χ0) is 18.2. The highest BCUT2D eigenvalue weighted by Crippen LogP contribution is 2.27. The van der Waals surface area contributed by atoms with Crippen molar-refractivity contribution >= 4 is 9.84 Å². The second-order valence-electron chi connectivity index (χ2n) is 6.91. The monoisotopic (exact) mass is 365 g/mol. The van der Waals surface area contributed by atoms with Gasteiger partial charge < -0.3 is 0 Å². The molecule has 0 saturated carbocycles. The van der Waals surface area contributed by atoms with E-state index in [4.69, 9.17) is 0 Å². The Morgan fingerprint density at radius 2 is 2.00 bits per heavy atom. The molecule has 1 atom stereocenters. The van der Waals surface area contributed by atoms with Crippen molar-refractivity contribution in [3.63, 3.8) is 0 Å². The Balaban J connectivity index is 1.76. The van der Waals surface area contributed by atoms with Crippen molar-refractivity contribution in [3.8, 4) is 0 Å². The van der Waals surface area contributed by atoms with Crippen LogP contribution in [0, 0.1) is 19.7 Å². The summed E-state index contributed by atoms with van der Waals surface area (Å²) in [7, 11) is -0.998. The van der Waals surface area contributed by atoms with E-state index in [9.17, 15) is 12.8 Å². The van der Waals surface area contributed by atoms with Gasteiger partial charge in [0, 0.05) is 29.9 Å². The summed E-state index contributed by atoms with van der Waals surface area (Å²) in [5.74, 6) is 0.201. The molecular weight excluding hydrogens is 341 g/mol. The van der Waals surface area contributed by atoms with Crippen molar-refractivity contribution in [2.75, 3.05) is 18.6 Å². The summed E-state index contributed by atoms with van der Waals surface area (Å²) < 4.78 is 39.2. The Labute approximate surface area is 148 Å². The van der Waals surface area contributed by atoms with Crippen LogP contribution in [0.5, 0.6) is 0 Å². The summed E-state index contributed by atoms with van der Waals surface area (Å²) in [5, 5.41) is 4.59. The van der Waals surface area contributed by atoms with E-state index in [-0.39, 0.29) is 23.4 Å². The lowest BCUT2D eigenvalue weighted by atomic mass is 10.1. The molecular formula is C18H24FN3O2S. The van der Waals surface area contributed by atoms with Crippen molar-refractivity contribution in [1.82, 2.24) is 14.7 Å². The summed E-state index contributed by atoms with van der Waals surface area (Å²) >= 11 is 0. The second-order valence-corrected chi connectivity index (χ2v) is 9.14. The first-order chi connectivity index (χ1) is 11.8. The number of hydrogen-bond donors (Lipinski definition) is 0.